The maximum absolute atomic E-state index is 9.68. The van der Waals surface area contributed by atoms with Crippen molar-refractivity contribution in [2.75, 3.05) is 7.05 Å². The molecule has 0 bridgehead atoms. The predicted molar refractivity (Wildman–Crippen MR) is 72.6 cm³/mol. The van der Waals surface area contributed by atoms with E-state index >= 15 is 0 Å². The van der Waals surface area contributed by atoms with Gasteiger partial charge >= 0.3 is 0 Å². The van der Waals surface area contributed by atoms with Crippen molar-refractivity contribution in [3.63, 3.8) is 0 Å². The van der Waals surface area contributed by atoms with Gasteiger partial charge in [0, 0.05) is 24.7 Å². The van der Waals surface area contributed by atoms with Gasteiger partial charge in [-0.25, -0.2) is 5.01 Å². The molecule has 0 saturated heterocycles. The summed E-state index contributed by atoms with van der Waals surface area (Å²) >= 11 is 0. The molecule has 0 unspecified atom stereocenters. The zero-order valence-corrected chi connectivity index (χ0v) is 10.7. The van der Waals surface area contributed by atoms with Crippen LogP contribution in [0.4, 0.5) is 0 Å². The lowest BCUT2D eigenvalue weighted by Gasteiger charge is -2.14. The van der Waals surface area contributed by atoms with Gasteiger partial charge in [0.1, 0.15) is 5.84 Å². The minimum absolute atomic E-state index is 0.311. The molecule has 0 atom stereocenters. The monoisotopic (exact) mass is 261 g/mol. The Morgan fingerprint density at radius 2 is 1.95 bits per heavy atom. The van der Waals surface area contributed by atoms with Crippen molar-refractivity contribution < 1.29 is 15.3 Å². The summed E-state index contributed by atoms with van der Waals surface area (Å²) in [6, 6.07) is 2.75. The van der Waals surface area contributed by atoms with E-state index in [9.17, 15) is 15.3 Å². The van der Waals surface area contributed by atoms with Crippen molar-refractivity contribution in [2.45, 2.75) is 13.3 Å². The van der Waals surface area contributed by atoms with E-state index in [0.29, 0.717) is 12.0 Å². The van der Waals surface area contributed by atoms with Crippen molar-refractivity contribution in [3.8, 4) is 17.2 Å². The lowest BCUT2D eigenvalue weighted by atomic mass is 10.2. The molecule has 1 aromatic rings. The molecule has 1 aliphatic rings. The average molecular weight is 261 g/mol. The van der Waals surface area contributed by atoms with Gasteiger partial charge in [0.15, 0.2) is 11.5 Å². The molecule has 2 rings (SSSR count). The summed E-state index contributed by atoms with van der Waals surface area (Å²) in [5, 5.41) is 34.2. The number of nitrogens with zero attached hydrogens (tertiary/aromatic N) is 3. The Hall–Kier alpha value is -2.50. The highest BCUT2D eigenvalue weighted by Crippen LogP contribution is 2.36. The zero-order chi connectivity index (χ0) is 14.0. The highest BCUT2D eigenvalue weighted by atomic mass is 16.3. The second-order valence-electron chi connectivity index (χ2n) is 4.12. The van der Waals surface area contributed by atoms with Crippen LogP contribution in [0.5, 0.6) is 17.2 Å². The normalized spacial score (nSPS) is 17.5. The molecule has 1 heterocycles. The van der Waals surface area contributed by atoms with E-state index in [0.717, 1.165) is 11.5 Å². The van der Waals surface area contributed by atoms with Gasteiger partial charge in [-0.2, -0.15) is 5.10 Å². The van der Waals surface area contributed by atoms with E-state index in [-0.39, 0.29) is 5.75 Å². The summed E-state index contributed by atoms with van der Waals surface area (Å²) in [4.78, 5) is 4.11. The van der Waals surface area contributed by atoms with Crippen molar-refractivity contribution >= 4 is 12.1 Å². The molecular formula is C13H15N3O3. The van der Waals surface area contributed by atoms with Gasteiger partial charge in [0.25, 0.3) is 0 Å². The van der Waals surface area contributed by atoms with E-state index < -0.39 is 11.5 Å². The summed E-state index contributed by atoms with van der Waals surface area (Å²) in [5.74, 6) is -0.527. The van der Waals surface area contributed by atoms with Crippen LogP contribution in [0.3, 0.4) is 0 Å². The van der Waals surface area contributed by atoms with Crippen LogP contribution in [0.15, 0.2) is 34.0 Å². The molecule has 0 amide bonds. The Kier molecular flexibility index (Phi) is 3.41. The topological polar surface area (TPSA) is 88.7 Å². The standard InChI is InChI=1S/C13H15N3O3/c1-8-3-6-11(14-2)16(8)15-7-9-4-5-10(17)13(19)12(9)18/h3-5,7,17-19H,6H2,1-2H3/b14-11?,15-7+. The lowest BCUT2D eigenvalue weighted by Crippen LogP contribution is -2.18. The Morgan fingerprint density at radius 3 is 2.63 bits per heavy atom. The number of hydrazone groups is 1. The van der Waals surface area contributed by atoms with Crippen LogP contribution >= 0.6 is 0 Å². The van der Waals surface area contributed by atoms with Gasteiger partial charge in [-0.05, 0) is 19.1 Å². The highest BCUT2D eigenvalue weighted by molar-refractivity contribution is 5.90. The zero-order valence-electron chi connectivity index (χ0n) is 10.7. The fourth-order valence-corrected chi connectivity index (χ4v) is 1.77. The Labute approximate surface area is 110 Å². The van der Waals surface area contributed by atoms with Crippen molar-refractivity contribution in [1.29, 1.82) is 0 Å². The number of amidine groups is 1. The van der Waals surface area contributed by atoms with E-state index in [1.165, 1.54) is 18.3 Å². The Balaban J connectivity index is 2.29. The summed E-state index contributed by atoms with van der Waals surface area (Å²) in [5.41, 5.74) is 1.25. The van der Waals surface area contributed by atoms with Crippen LogP contribution in [0, 0.1) is 0 Å². The van der Waals surface area contributed by atoms with Crippen LogP contribution in [-0.4, -0.2) is 39.4 Å². The SMILES string of the molecule is CN=C1CC=C(C)N1/N=C/c1ccc(O)c(O)c1O. The molecule has 0 spiro atoms. The third-order valence-corrected chi connectivity index (χ3v) is 2.89. The predicted octanol–water partition coefficient (Wildman–Crippen LogP) is 1.78. The molecule has 1 aliphatic heterocycles. The summed E-state index contributed by atoms with van der Waals surface area (Å²) in [6.07, 6.45) is 4.11. The van der Waals surface area contributed by atoms with Gasteiger partial charge in [0.05, 0.1) is 6.21 Å². The number of aliphatic imine (C=N–C) groups is 1. The Morgan fingerprint density at radius 1 is 1.21 bits per heavy atom. The van der Waals surface area contributed by atoms with Gasteiger partial charge in [-0.1, -0.05) is 6.08 Å². The number of benzene rings is 1. The molecular weight excluding hydrogens is 246 g/mol. The fraction of sp³-hybridized carbons (Fsp3) is 0.231. The van der Waals surface area contributed by atoms with E-state index in [4.69, 9.17) is 0 Å². The van der Waals surface area contributed by atoms with Crippen LogP contribution in [0.25, 0.3) is 0 Å². The van der Waals surface area contributed by atoms with Crippen molar-refractivity contribution in [2.24, 2.45) is 10.1 Å². The molecule has 100 valence electrons. The fourth-order valence-electron chi connectivity index (χ4n) is 1.77. The van der Waals surface area contributed by atoms with Gasteiger partial charge in [0.2, 0.25) is 5.75 Å². The van der Waals surface area contributed by atoms with Crippen LogP contribution in [0.1, 0.15) is 18.9 Å². The second-order valence-corrected chi connectivity index (χ2v) is 4.12. The van der Waals surface area contributed by atoms with Crippen LogP contribution in [0.2, 0.25) is 0 Å². The molecule has 19 heavy (non-hydrogen) atoms. The quantitative estimate of drug-likeness (QED) is 0.559. The highest BCUT2D eigenvalue weighted by Gasteiger charge is 2.17. The summed E-state index contributed by atoms with van der Waals surface area (Å²) < 4.78 is 0. The maximum atomic E-state index is 9.68. The third-order valence-electron chi connectivity index (χ3n) is 2.89. The van der Waals surface area contributed by atoms with Crippen LogP contribution in [-0.2, 0) is 0 Å². The first-order valence-corrected chi connectivity index (χ1v) is 5.75. The first-order valence-electron chi connectivity index (χ1n) is 5.75. The third kappa shape index (κ3) is 2.37. The van der Waals surface area contributed by atoms with Crippen molar-refractivity contribution in [3.05, 3.63) is 29.5 Å². The van der Waals surface area contributed by atoms with Crippen molar-refractivity contribution in [1.82, 2.24) is 5.01 Å². The Bertz CT molecular complexity index is 591. The molecule has 0 fully saturated rings. The van der Waals surface area contributed by atoms with Gasteiger partial charge in [-0.3, -0.25) is 4.99 Å². The maximum Gasteiger partial charge on any atom is 0.200 e. The first-order chi connectivity index (χ1) is 9.04. The van der Waals surface area contributed by atoms with E-state index in [1.54, 1.807) is 12.1 Å². The number of allylic oxidation sites excluding steroid dienone is 1. The summed E-state index contributed by atoms with van der Waals surface area (Å²) in [6.45, 7) is 1.91. The molecule has 0 aromatic heterocycles. The number of hydrogen-bond donors (Lipinski definition) is 3. The minimum atomic E-state index is -0.554. The number of rotatable bonds is 2. The molecule has 6 heteroatoms. The minimum Gasteiger partial charge on any atom is -0.504 e. The van der Waals surface area contributed by atoms with E-state index in [1.807, 2.05) is 13.0 Å². The molecule has 0 radical (unpaired) electrons. The van der Waals surface area contributed by atoms with Crippen LogP contribution < -0.4 is 0 Å². The molecule has 0 saturated carbocycles. The van der Waals surface area contributed by atoms with Gasteiger partial charge in [-0.15, -0.1) is 0 Å². The second kappa shape index (κ2) is 5.01. The lowest BCUT2D eigenvalue weighted by molar-refractivity contribution is 0.367. The van der Waals surface area contributed by atoms with E-state index in [2.05, 4.69) is 10.1 Å². The molecule has 6 nitrogen and oxygen atoms in total. The summed E-state index contributed by atoms with van der Waals surface area (Å²) in [7, 11) is 1.69. The number of phenols is 3. The number of aromatic hydroxyl groups is 3. The average Bonchev–Trinajstić information content (AvgIpc) is 2.76. The smallest absolute Gasteiger partial charge is 0.200 e. The molecule has 1 aromatic carbocycles. The molecule has 0 aliphatic carbocycles. The number of phenolic OH excluding ortho intramolecular Hbond substituents is 3. The molecule has 3 N–H and O–H groups in total. The largest absolute Gasteiger partial charge is 0.504 e. The van der Waals surface area contributed by atoms with Gasteiger partial charge < -0.3 is 15.3 Å². The number of hydrogen-bond acceptors (Lipinski definition) is 5. The first kappa shape index (κ1) is 12.9.